The Morgan fingerprint density at radius 1 is 1.14 bits per heavy atom. The molecule has 3 aromatic rings. The second kappa shape index (κ2) is 7.84. The highest BCUT2D eigenvalue weighted by Gasteiger charge is 2.32. The van der Waals surface area contributed by atoms with Crippen LogP contribution in [0.1, 0.15) is 43.9 Å². The fraction of sp³-hybridized carbons (Fsp3) is 0.421. The van der Waals surface area contributed by atoms with Crippen LogP contribution in [0.15, 0.2) is 50.4 Å². The lowest BCUT2D eigenvalue weighted by atomic mass is 9.98. The predicted octanol–water partition coefficient (Wildman–Crippen LogP) is 3.25. The normalized spacial score (nSPS) is 16.5. The van der Waals surface area contributed by atoms with Crippen LogP contribution >= 0.6 is 0 Å². The summed E-state index contributed by atoms with van der Waals surface area (Å²) < 4.78 is 37.8. The molecule has 2 aromatic heterocycles. The number of hydrogen-bond donors (Lipinski definition) is 0. The van der Waals surface area contributed by atoms with Crippen LogP contribution in [0, 0.1) is 0 Å². The molecule has 0 atom stereocenters. The van der Waals surface area contributed by atoms with Gasteiger partial charge in [-0.05, 0) is 31.4 Å². The Morgan fingerprint density at radius 2 is 1.89 bits per heavy atom. The molecule has 0 spiro atoms. The van der Waals surface area contributed by atoms with Crippen molar-refractivity contribution in [2.45, 2.75) is 43.4 Å². The zero-order chi connectivity index (χ0) is 19.6. The molecule has 1 aliphatic heterocycles. The van der Waals surface area contributed by atoms with Crippen LogP contribution in [0.5, 0.6) is 0 Å². The lowest BCUT2D eigenvalue weighted by Crippen LogP contribution is -2.37. The third-order valence-electron chi connectivity index (χ3n) is 4.87. The number of benzene rings is 1. The van der Waals surface area contributed by atoms with Crippen molar-refractivity contribution in [3.63, 3.8) is 0 Å². The van der Waals surface area contributed by atoms with Gasteiger partial charge in [0.1, 0.15) is 12.0 Å². The van der Waals surface area contributed by atoms with Crippen molar-refractivity contribution < 1.29 is 17.4 Å². The first-order chi connectivity index (χ1) is 13.6. The maximum absolute atomic E-state index is 12.7. The first kappa shape index (κ1) is 18.8. The van der Waals surface area contributed by atoms with Crippen molar-refractivity contribution in [1.82, 2.24) is 19.4 Å². The Morgan fingerprint density at radius 3 is 2.61 bits per heavy atom. The summed E-state index contributed by atoms with van der Waals surface area (Å²) in [6, 6.07) is 8.51. The van der Waals surface area contributed by atoms with E-state index >= 15 is 0 Å². The molecule has 0 saturated carbocycles. The van der Waals surface area contributed by atoms with Gasteiger partial charge in [0, 0.05) is 25.4 Å². The zero-order valence-corrected chi connectivity index (χ0v) is 16.4. The zero-order valence-electron chi connectivity index (χ0n) is 15.6. The van der Waals surface area contributed by atoms with E-state index in [1.807, 2.05) is 0 Å². The lowest BCUT2D eigenvalue weighted by Gasteiger charge is -2.29. The highest BCUT2D eigenvalue weighted by atomic mass is 32.2. The number of rotatable bonds is 6. The molecule has 28 heavy (non-hydrogen) atoms. The number of oxazole rings is 1. The summed E-state index contributed by atoms with van der Waals surface area (Å²) in [4.78, 5) is 9.14. The molecule has 148 valence electrons. The molecular weight excluding hydrogens is 380 g/mol. The summed E-state index contributed by atoms with van der Waals surface area (Å²) in [6.07, 6.45) is 4.51. The summed E-state index contributed by atoms with van der Waals surface area (Å²) in [5.74, 6) is 1.61. The van der Waals surface area contributed by atoms with E-state index in [1.54, 1.807) is 30.3 Å². The number of aryl methyl sites for hydroxylation is 1. The number of aromatic nitrogens is 3. The second-order valence-electron chi connectivity index (χ2n) is 6.82. The van der Waals surface area contributed by atoms with Crippen molar-refractivity contribution in [3.05, 3.63) is 48.4 Å². The van der Waals surface area contributed by atoms with Crippen LogP contribution in [0.3, 0.4) is 0 Å². The molecular formula is C19H22N4O4S. The van der Waals surface area contributed by atoms with Crippen molar-refractivity contribution >= 4 is 10.0 Å². The van der Waals surface area contributed by atoms with E-state index in [9.17, 15) is 8.42 Å². The minimum atomic E-state index is -3.46. The Kier molecular flexibility index (Phi) is 5.27. The molecule has 0 radical (unpaired) electrons. The molecule has 1 saturated heterocycles. The summed E-state index contributed by atoms with van der Waals surface area (Å²) in [5.41, 5.74) is 0.558. The van der Waals surface area contributed by atoms with Crippen LogP contribution in [-0.4, -0.2) is 40.9 Å². The second-order valence-corrected chi connectivity index (χ2v) is 8.76. The summed E-state index contributed by atoms with van der Waals surface area (Å²) in [7, 11) is -3.46. The van der Waals surface area contributed by atoms with Gasteiger partial charge in [-0.1, -0.05) is 30.3 Å². The van der Waals surface area contributed by atoms with Crippen molar-refractivity contribution in [1.29, 1.82) is 0 Å². The van der Waals surface area contributed by atoms with Gasteiger partial charge in [0.15, 0.2) is 5.89 Å². The Labute approximate surface area is 163 Å². The predicted molar refractivity (Wildman–Crippen MR) is 101 cm³/mol. The Hall–Kier alpha value is -2.52. The van der Waals surface area contributed by atoms with Gasteiger partial charge in [0.05, 0.1) is 4.90 Å². The van der Waals surface area contributed by atoms with Gasteiger partial charge < -0.3 is 8.94 Å². The van der Waals surface area contributed by atoms with Crippen LogP contribution in [0.25, 0.3) is 11.5 Å². The number of nitrogens with zero attached hydrogens (tertiary/aromatic N) is 4. The highest BCUT2D eigenvalue weighted by molar-refractivity contribution is 7.89. The van der Waals surface area contributed by atoms with Crippen LogP contribution < -0.4 is 0 Å². The van der Waals surface area contributed by atoms with Crippen LogP contribution in [0.4, 0.5) is 0 Å². The fourth-order valence-corrected chi connectivity index (χ4v) is 4.82. The first-order valence-corrected chi connectivity index (χ1v) is 10.9. The van der Waals surface area contributed by atoms with E-state index < -0.39 is 10.0 Å². The number of sulfonamides is 1. The molecule has 1 aliphatic rings. The lowest BCUT2D eigenvalue weighted by molar-refractivity contribution is 0.271. The van der Waals surface area contributed by atoms with E-state index in [-0.39, 0.29) is 5.92 Å². The van der Waals surface area contributed by atoms with E-state index in [0.717, 1.165) is 12.8 Å². The summed E-state index contributed by atoms with van der Waals surface area (Å²) in [6.45, 7) is 2.90. The van der Waals surface area contributed by atoms with Gasteiger partial charge in [0.25, 0.3) is 0 Å². The Bertz CT molecular complexity index is 1020. The van der Waals surface area contributed by atoms with Crippen molar-refractivity contribution in [3.8, 4) is 11.5 Å². The van der Waals surface area contributed by atoms with Gasteiger partial charge in [-0.2, -0.15) is 9.29 Å². The molecule has 0 aliphatic carbocycles. The van der Waals surface area contributed by atoms with Crippen LogP contribution in [-0.2, 0) is 16.4 Å². The molecule has 3 heterocycles. The minimum Gasteiger partial charge on any atom is -0.448 e. The molecule has 0 bridgehead atoms. The van der Waals surface area contributed by atoms with E-state index in [4.69, 9.17) is 8.94 Å². The topological polar surface area (TPSA) is 102 Å². The average molecular weight is 402 g/mol. The molecule has 0 N–H and O–H groups in total. The number of hydrogen-bond acceptors (Lipinski definition) is 7. The third-order valence-corrected chi connectivity index (χ3v) is 6.78. The van der Waals surface area contributed by atoms with E-state index in [1.165, 1.54) is 10.6 Å². The van der Waals surface area contributed by atoms with Crippen LogP contribution in [0.2, 0.25) is 0 Å². The summed E-state index contributed by atoms with van der Waals surface area (Å²) >= 11 is 0. The van der Waals surface area contributed by atoms with Crippen molar-refractivity contribution in [2.75, 3.05) is 13.1 Å². The summed E-state index contributed by atoms with van der Waals surface area (Å²) in [5, 5.41) is 4.01. The molecule has 4 rings (SSSR count). The molecule has 8 nitrogen and oxygen atoms in total. The van der Waals surface area contributed by atoms with Gasteiger partial charge >= 0.3 is 0 Å². The smallest absolute Gasteiger partial charge is 0.243 e. The molecule has 1 aromatic carbocycles. The maximum atomic E-state index is 12.7. The maximum Gasteiger partial charge on any atom is 0.243 e. The van der Waals surface area contributed by atoms with Crippen molar-refractivity contribution in [2.24, 2.45) is 0 Å². The first-order valence-electron chi connectivity index (χ1n) is 9.41. The Balaban J connectivity index is 1.42. The highest BCUT2D eigenvalue weighted by Crippen LogP contribution is 2.31. The third kappa shape index (κ3) is 3.72. The quantitative estimate of drug-likeness (QED) is 0.623. The van der Waals surface area contributed by atoms with E-state index in [0.29, 0.717) is 54.1 Å². The van der Waals surface area contributed by atoms with Gasteiger partial charge in [-0.25, -0.2) is 13.4 Å². The molecule has 0 amide bonds. The molecule has 0 unspecified atom stereocenters. The van der Waals surface area contributed by atoms with E-state index in [2.05, 4.69) is 22.0 Å². The largest absolute Gasteiger partial charge is 0.448 e. The van der Waals surface area contributed by atoms with Gasteiger partial charge in [-0.15, -0.1) is 0 Å². The van der Waals surface area contributed by atoms with Gasteiger partial charge in [0.2, 0.25) is 21.7 Å². The van der Waals surface area contributed by atoms with Gasteiger partial charge in [-0.3, -0.25) is 0 Å². The fourth-order valence-electron chi connectivity index (χ4n) is 3.33. The minimum absolute atomic E-state index is 0.0329. The monoisotopic (exact) mass is 402 g/mol. The molecule has 9 heteroatoms. The SMILES string of the molecule is CCCc1nc(-c2noc(C3CCN(S(=O)(=O)c4ccccc4)CC3)n2)co1. The average Bonchev–Trinajstić information content (AvgIpc) is 3.39. The molecule has 1 fully saturated rings. The number of piperidine rings is 1. The standard InChI is InChI=1S/C19H22N4O4S/c1-2-6-17-20-16(13-26-17)18-21-19(27-22-18)14-9-11-23(12-10-14)28(24,25)15-7-4-3-5-8-15/h3-5,7-8,13-14H,2,6,9-12H2,1H3.